The van der Waals surface area contributed by atoms with E-state index in [1.54, 1.807) is 23.9 Å². The lowest BCUT2D eigenvalue weighted by Crippen LogP contribution is -1.98. The molecule has 89 valence electrons. The molecule has 1 aromatic heterocycles. The van der Waals surface area contributed by atoms with Gasteiger partial charge < -0.3 is 5.11 Å². The molecule has 2 aromatic carbocycles. The number of benzene rings is 2. The molecule has 0 spiro atoms. The standard InChI is InChI=1S/C13H10N3OS/c1-18-9-6-7-10-11(8-9)15-16(14-10)12-4-2-3-5-13(12)17/h2,4-8,17H,1H3. The predicted octanol–water partition coefficient (Wildman–Crippen LogP) is 2.65. The van der Waals surface area contributed by atoms with Crippen molar-refractivity contribution in [3.05, 3.63) is 42.5 Å². The Morgan fingerprint density at radius 1 is 1.22 bits per heavy atom. The van der Waals surface area contributed by atoms with Gasteiger partial charge in [-0.15, -0.1) is 26.8 Å². The van der Waals surface area contributed by atoms with E-state index in [0.29, 0.717) is 5.69 Å². The third kappa shape index (κ3) is 1.82. The summed E-state index contributed by atoms with van der Waals surface area (Å²) >= 11 is 1.66. The molecule has 0 saturated heterocycles. The smallest absolute Gasteiger partial charge is 0.143 e. The number of hydrogen-bond donors (Lipinski definition) is 1. The molecule has 0 bridgehead atoms. The summed E-state index contributed by atoms with van der Waals surface area (Å²) in [7, 11) is 0. The van der Waals surface area contributed by atoms with Gasteiger partial charge in [0.05, 0.1) is 0 Å². The molecular weight excluding hydrogens is 246 g/mol. The van der Waals surface area contributed by atoms with Crippen molar-refractivity contribution in [3.63, 3.8) is 0 Å². The Labute approximate surface area is 108 Å². The zero-order chi connectivity index (χ0) is 12.5. The number of fused-ring (bicyclic) bond motifs is 1. The van der Waals surface area contributed by atoms with Crippen LogP contribution in [-0.2, 0) is 0 Å². The van der Waals surface area contributed by atoms with Gasteiger partial charge in [0.1, 0.15) is 22.5 Å². The van der Waals surface area contributed by atoms with Crippen molar-refractivity contribution in [1.29, 1.82) is 0 Å². The first-order valence-electron chi connectivity index (χ1n) is 5.38. The van der Waals surface area contributed by atoms with Gasteiger partial charge >= 0.3 is 0 Å². The fourth-order valence-electron chi connectivity index (χ4n) is 1.71. The van der Waals surface area contributed by atoms with Crippen LogP contribution >= 0.6 is 11.8 Å². The van der Waals surface area contributed by atoms with Gasteiger partial charge in [-0.25, -0.2) is 0 Å². The van der Waals surface area contributed by atoms with Crippen LogP contribution in [0.1, 0.15) is 0 Å². The van der Waals surface area contributed by atoms with E-state index in [9.17, 15) is 5.11 Å². The van der Waals surface area contributed by atoms with Crippen LogP contribution in [-0.4, -0.2) is 26.4 Å². The van der Waals surface area contributed by atoms with Gasteiger partial charge in [-0.05, 0) is 42.7 Å². The molecule has 0 unspecified atom stereocenters. The zero-order valence-electron chi connectivity index (χ0n) is 9.66. The molecule has 1 N–H and O–H groups in total. The van der Waals surface area contributed by atoms with Crippen LogP contribution in [0.4, 0.5) is 0 Å². The minimum Gasteiger partial charge on any atom is -0.506 e. The average Bonchev–Trinajstić information content (AvgIpc) is 2.81. The predicted molar refractivity (Wildman–Crippen MR) is 71.1 cm³/mol. The molecule has 5 heteroatoms. The van der Waals surface area contributed by atoms with Gasteiger partial charge in [0.25, 0.3) is 0 Å². The van der Waals surface area contributed by atoms with Crippen molar-refractivity contribution in [2.24, 2.45) is 0 Å². The Morgan fingerprint density at radius 3 is 2.83 bits per heavy atom. The number of rotatable bonds is 2. The molecule has 1 heterocycles. The quantitative estimate of drug-likeness (QED) is 0.716. The molecule has 4 nitrogen and oxygen atoms in total. The Bertz CT molecular complexity index is 708. The molecular formula is C13H10N3OS. The molecule has 0 atom stereocenters. The largest absolute Gasteiger partial charge is 0.506 e. The van der Waals surface area contributed by atoms with E-state index in [0.717, 1.165) is 15.9 Å². The number of nitrogens with zero attached hydrogens (tertiary/aromatic N) is 3. The minimum atomic E-state index is 0.114. The summed E-state index contributed by atoms with van der Waals surface area (Å²) in [5.74, 6) is 0.114. The van der Waals surface area contributed by atoms with Gasteiger partial charge in [-0.2, -0.15) is 0 Å². The van der Waals surface area contributed by atoms with E-state index < -0.39 is 0 Å². The Balaban J connectivity index is 2.17. The van der Waals surface area contributed by atoms with Crippen LogP contribution < -0.4 is 0 Å². The zero-order valence-corrected chi connectivity index (χ0v) is 10.5. The Hall–Kier alpha value is -2.01. The van der Waals surface area contributed by atoms with Crippen molar-refractivity contribution in [3.8, 4) is 11.4 Å². The Kier molecular flexibility index (Phi) is 2.68. The summed E-state index contributed by atoms with van der Waals surface area (Å²) < 4.78 is 0. The van der Waals surface area contributed by atoms with Gasteiger partial charge in [-0.3, -0.25) is 0 Å². The van der Waals surface area contributed by atoms with Gasteiger partial charge in [0.2, 0.25) is 0 Å². The van der Waals surface area contributed by atoms with E-state index in [2.05, 4.69) is 16.3 Å². The first kappa shape index (κ1) is 11.1. The van der Waals surface area contributed by atoms with Crippen LogP contribution in [0.15, 0.2) is 41.3 Å². The van der Waals surface area contributed by atoms with Crippen molar-refractivity contribution in [2.75, 3.05) is 6.26 Å². The maximum atomic E-state index is 9.75. The summed E-state index contributed by atoms with van der Waals surface area (Å²) in [6.45, 7) is 0. The van der Waals surface area contributed by atoms with Crippen molar-refractivity contribution in [1.82, 2.24) is 15.0 Å². The average molecular weight is 256 g/mol. The van der Waals surface area contributed by atoms with E-state index in [-0.39, 0.29) is 5.75 Å². The SMILES string of the molecule is CSc1ccc2nn(-c3cc[c]cc3O)nc2c1. The van der Waals surface area contributed by atoms with Crippen molar-refractivity contribution < 1.29 is 5.11 Å². The molecule has 18 heavy (non-hydrogen) atoms. The molecule has 1 radical (unpaired) electrons. The van der Waals surface area contributed by atoms with Crippen molar-refractivity contribution >= 4 is 22.8 Å². The number of phenolic OH excluding ortho intramolecular Hbond substituents is 1. The van der Waals surface area contributed by atoms with E-state index >= 15 is 0 Å². The summed E-state index contributed by atoms with van der Waals surface area (Å²) in [5.41, 5.74) is 2.17. The van der Waals surface area contributed by atoms with Crippen LogP contribution in [0, 0.1) is 6.07 Å². The van der Waals surface area contributed by atoms with E-state index in [1.807, 2.05) is 24.5 Å². The second kappa shape index (κ2) is 4.34. The molecule has 0 aliphatic rings. The van der Waals surface area contributed by atoms with Crippen LogP contribution in [0.2, 0.25) is 0 Å². The number of phenols is 1. The summed E-state index contributed by atoms with van der Waals surface area (Å²) in [6, 6.07) is 13.7. The fraction of sp³-hybridized carbons (Fsp3) is 0.0769. The Morgan fingerprint density at radius 2 is 2.06 bits per heavy atom. The molecule has 0 aliphatic heterocycles. The maximum Gasteiger partial charge on any atom is 0.143 e. The highest BCUT2D eigenvalue weighted by Gasteiger charge is 2.08. The number of aromatic nitrogens is 3. The molecule has 3 aromatic rings. The van der Waals surface area contributed by atoms with Gasteiger partial charge in [0, 0.05) is 4.90 Å². The van der Waals surface area contributed by atoms with Gasteiger partial charge in [-0.1, -0.05) is 6.07 Å². The van der Waals surface area contributed by atoms with E-state index in [1.165, 1.54) is 10.9 Å². The highest BCUT2D eigenvalue weighted by molar-refractivity contribution is 7.98. The fourth-order valence-corrected chi connectivity index (χ4v) is 2.15. The van der Waals surface area contributed by atoms with Gasteiger partial charge in [0.15, 0.2) is 0 Å². The van der Waals surface area contributed by atoms with Crippen LogP contribution in [0.25, 0.3) is 16.7 Å². The number of aromatic hydroxyl groups is 1. The lowest BCUT2D eigenvalue weighted by Gasteiger charge is -2.00. The highest BCUT2D eigenvalue weighted by Crippen LogP contribution is 2.23. The molecule has 0 saturated carbocycles. The summed E-state index contributed by atoms with van der Waals surface area (Å²) in [4.78, 5) is 2.58. The lowest BCUT2D eigenvalue weighted by molar-refractivity contribution is 0.467. The molecule has 0 fully saturated rings. The molecule has 0 amide bonds. The first-order valence-corrected chi connectivity index (χ1v) is 6.61. The van der Waals surface area contributed by atoms with Crippen LogP contribution in [0.5, 0.6) is 5.75 Å². The molecule has 0 aliphatic carbocycles. The second-order valence-corrected chi connectivity index (χ2v) is 4.64. The normalized spacial score (nSPS) is 10.9. The molecule has 3 rings (SSSR count). The lowest BCUT2D eigenvalue weighted by atomic mass is 10.3. The van der Waals surface area contributed by atoms with E-state index in [4.69, 9.17) is 0 Å². The third-order valence-electron chi connectivity index (χ3n) is 2.62. The topological polar surface area (TPSA) is 50.9 Å². The van der Waals surface area contributed by atoms with Crippen molar-refractivity contribution in [2.45, 2.75) is 4.90 Å². The summed E-state index contributed by atoms with van der Waals surface area (Å²) in [6.07, 6.45) is 2.02. The summed E-state index contributed by atoms with van der Waals surface area (Å²) in [5, 5.41) is 18.5. The maximum absolute atomic E-state index is 9.75. The minimum absolute atomic E-state index is 0.114. The first-order chi connectivity index (χ1) is 8.78. The highest BCUT2D eigenvalue weighted by atomic mass is 32.2. The van der Waals surface area contributed by atoms with Crippen LogP contribution in [0.3, 0.4) is 0 Å². The monoisotopic (exact) mass is 256 g/mol. The number of hydrogen-bond acceptors (Lipinski definition) is 4. The third-order valence-corrected chi connectivity index (χ3v) is 3.35. The second-order valence-electron chi connectivity index (χ2n) is 3.76. The number of thioether (sulfide) groups is 1.